The smallest absolute Gasteiger partial charge is 0.405 e. The summed E-state index contributed by atoms with van der Waals surface area (Å²) in [5, 5.41) is 2.54. The van der Waals surface area contributed by atoms with Crippen LogP contribution in [0.4, 0.5) is 13.6 Å². The first-order valence-corrected chi connectivity index (χ1v) is 11.8. The number of carbonyl (C=O) groups is 2. The van der Waals surface area contributed by atoms with Crippen LogP contribution in [0, 0.1) is 17.6 Å². The standard InChI is InChI=1S/C26H27F2N3O6/c1-3-19(36-26(29)33)23-22(24(32)30-12-16-6-8-17(27)11-18(16)28)31-25(37-23)15-7-9-20(34-2)21(10-15)35-13-14-4-5-14/h6-11,14,19H,3-5,12-13H2,1-2H3,(H2,29,33)(H,30,32)/t19-/m0/s1. The first kappa shape index (κ1) is 25.9. The average Bonchev–Trinajstić information content (AvgIpc) is 3.60. The van der Waals surface area contributed by atoms with Crippen molar-refractivity contribution in [3.05, 3.63) is 65.1 Å². The first-order chi connectivity index (χ1) is 17.8. The molecule has 3 N–H and O–H groups in total. The third-order valence-corrected chi connectivity index (χ3v) is 5.83. The summed E-state index contributed by atoms with van der Waals surface area (Å²) >= 11 is 0. The Balaban J connectivity index is 1.65. The highest BCUT2D eigenvalue weighted by Crippen LogP contribution is 2.37. The van der Waals surface area contributed by atoms with Gasteiger partial charge in [-0.15, -0.1) is 0 Å². The minimum Gasteiger partial charge on any atom is -0.493 e. The Morgan fingerprint density at radius 3 is 2.62 bits per heavy atom. The van der Waals surface area contributed by atoms with Gasteiger partial charge in [-0.1, -0.05) is 13.0 Å². The highest BCUT2D eigenvalue weighted by atomic mass is 19.1. The zero-order valence-electron chi connectivity index (χ0n) is 20.4. The number of nitrogens with zero attached hydrogens (tertiary/aromatic N) is 1. The molecule has 4 rings (SSSR count). The monoisotopic (exact) mass is 515 g/mol. The van der Waals surface area contributed by atoms with Crippen LogP contribution in [0.3, 0.4) is 0 Å². The van der Waals surface area contributed by atoms with Gasteiger partial charge in [0.05, 0.1) is 13.7 Å². The van der Waals surface area contributed by atoms with Crippen molar-refractivity contribution < 1.29 is 37.0 Å². The predicted octanol–water partition coefficient (Wildman–Crippen LogP) is 4.89. The number of hydrogen-bond donors (Lipinski definition) is 2. The van der Waals surface area contributed by atoms with E-state index in [1.807, 2.05) is 0 Å². The van der Waals surface area contributed by atoms with Crippen LogP contribution in [0.2, 0.25) is 0 Å². The zero-order chi connectivity index (χ0) is 26.5. The van der Waals surface area contributed by atoms with Crippen LogP contribution in [0.5, 0.6) is 11.5 Å². The summed E-state index contributed by atoms with van der Waals surface area (Å²) in [5.41, 5.74) is 5.61. The minimum absolute atomic E-state index is 0.0235. The normalized spacial score (nSPS) is 13.6. The van der Waals surface area contributed by atoms with E-state index in [1.54, 1.807) is 25.1 Å². The fourth-order valence-corrected chi connectivity index (χ4v) is 3.64. The van der Waals surface area contributed by atoms with Gasteiger partial charge in [0.15, 0.2) is 29.1 Å². The van der Waals surface area contributed by atoms with Crippen molar-refractivity contribution >= 4 is 12.0 Å². The number of rotatable bonds is 11. The van der Waals surface area contributed by atoms with Crippen LogP contribution in [0.25, 0.3) is 11.5 Å². The molecule has 1 atom stereocenters. The maximum atomic E-state index is 14.0. The summed E-state index contributed by atoms with van der Waals surface area (Å²) in [6, 6.07) is 8.10. The second-order valence-corrected chi connectivity index (χ2v) is 8.60. The number of halogens is 2. The van der Waals surface area contributed by atoms with Crippen molar-refractivity contribution in [2.24, 2.45) is 11.7 Å². The second-order valence-electron chi connectivity index (χ2n) is 8.60. The van der Waals surface area contributed by atoms with Gasteiger partial charge in [0.1, 0.15) is 11.6 Å². The van der Waals surface area contributed by atoms with Crippen LogP contribution in [-0.4, -0.2) is 30.7 Å². The summed E-state index contributed by atoms with van der Waals surface area (Å²) in [4.78, 5) is 28.9. The highest BCUT2D eigenvalue weighted by Gasteiger charge is 2.29. The van der Waals surface area contributed by atoms with E-state index in [4.69, 9.17) is 24.4 Å². The van der Waals surface area contributed by atoms with Crippen LogP contribution < -0.4 is 20.5 Å². The molecular formula is C26H27F2N3O6. The SMILES string of the molecule is CC[C@H](OC(N)=O)c1oc(-c2ccc(OC)c(OCC3CC3)c2)nc1C(=O)NCc1ccc(F)cc1F. The van der Waals surface area contributed by atoms with Gasteiger partial charge in [-0.3, -0.25) is 4.79 Å². The van der Waals surface area contributed by atoms with Crippen molar-refractivity contribution in [2.45, 2.75) is 38.8 Å². The highest BCUT2D eigenvalue weighted by molar-refractivity contribution is 5.94. The van der Waals surface area contributed by atoms with Crippen LogP contribution >= 0.6 is 0 Å². The molecule has 2 amide bonds. The fraction of sp³-hybridized carbons (Fsp3) is 0.346. The molecule has 3 aromatic rings. The van der Waals surface area contributed by atoms with Crippen LogP contribution in [-0.2, 0) is 11.3 Å². The van der Waals surface area contributed by atoms with Gasteiger partial charge in [-0.05, 0) is 49.4 Å². The number of primary amides is 1. The third-order valence-electron chi connectivity index (χ3n) is 5.83. The number of hydrogen-bond acceptors (Lipinski definition) is 7. The van der Waals surface area contributed by atoms with Gasteiger partial charge in [0.2, 0.25) is 5.89 Å². The summed E-state index contributed by atoms with van der Waals surface area (Å²) in [7, 11) is 1.53. The lowest BCUT2D eigenvalue weighted by atomic mass is 10.1. The molecule has 0 saturated heterocycles. The topological polar surface area (TPSA) is 126 Å². The quantitative estimate of drug-likeness (QED) is 0.372. The lowest BCUT2D eigenvalue weighted by Gasteiger charge is -2.13. The number of amides is 2. The molecule has 1 saturated carbocycles. The van der Waals surface area contributed by atoms with Crippen molar-refractivity contribution in [2.75, 3.05) is 13.7 Å². The van der Waals surface area contributed by atoms with Gasteiger partial charge in [-0.2, -0.15) is 0 Å². The number of ether oxygens (including phenoxy) is 3. The molecule has 37 heavy (non-hydrogen) atoms. The molecule has 11 heteroatoms. The molecule has 196 valence electrons. The predicted molar refractivity (Wildman–Crippen MR) is 128 cm³/mol. The molecule has 1 aliphatic rings. The van der Waals surface area contributed by atoms with E-state index in [9.17, 15) is 18.4 Å². The van der Waals surface area contributed by atoms with E-state index in [1.165, 1.54) is 13.2 Å². The lowest BCUT2D eigenvalue weighted by molar-refractivity contribution is 0.0848. The molecule has 0 radical (unpaired) electrons. The lowest BCUT2D eigenvalue weighted by Crippen LogP contribution is -2.26. The molecule has 1 heterocycles. The summed E-state index contributed by atoms with van der Waals surface area (Å²) in [5.74, 6) is -0.669. The van der Waals surface area contributed by atoms with Crippen molar-refractivity contribution in [3.63, 3.8) is 0 Å². The third kappa shape index (κ3) is 6.35. The van der Waals surface area contributed by atoms with E-state index in [0.717, 1.165) is 25.0 Å². The number of aromatic nitrogens is 1. The first-order valence-electron chi connectivity index (χ1n) is 11.8. The van der Waals surface area contributed by atoms with Gasteiger partial charge in [0.25, 0.3) is 5.91 Å². The number of benzene rings is 2. The number of oxazole rings is 1. The Morgan fingerprint density at radius 2 is 1.97 bits per heavy atom. The molecule has 1 fully saturated rings. The van der Waals surface area contributed by atoms with E-state index in [0.29, 0.717) is 29.6 Å². The van der Waals surface area contributed by atoms with Crippen molar-refractivity contribution in [1.82, 2.24) is 10.3 Å². The Labute approximate surface area is 211 Å². The molecule has 9 nitrogen and oxygen atoms in total. The molecule has 0 aliphatic heterocycles. The minimum atomic E-state index is -1.05. The molecule has 2 aromatic carbocycles. The molecule has 1 aliphatic carbocycles. The molecular weight excluding hydrogens is 488 g/mol. The molecule has 0 spiro atoms. The molecule has 0 bridgehead atoms. The van der Waals surface area contributed by atoms with E-state index >= 15 is 0 Å². The number of nitrogens with one attached hydrogen (secondary N) is 1. The van der Waals surface area contributed by atoms with Gasteiger partial charge in [0, 0.05) is 23.7 Å². The van der Waals surface area contributed by atoms with E-state index in [2.05, 4.69) is 10.3 Å². The van der Waals surface area contributed by atoms with Gasteiger partial charge < -0.3 is 29.7 Å². The van der Waals surface area contributed by atoms with Gasteiger partial charge >= 0.3 is 6.09 Å². The maximum Gasteiger partial charge on any atom is 0.405 e. The average molecular weight is 516 g/mol. The number of carbonyl (C=O) groups excluding carboxylic acids is 2. The maximum absolute atomic E-state index is 14.0. The Kier molecular flexibility index (Phi) is 7.90. The number of methoxy groups -OCH3 is 1. The fourth-order valence-electron chi connectivity index (χ4n) is 3.64. The summed E-state index contributed by atoms with van der Waals surface area (Å²) < 4.78 is 49.6. The summed E-state index contributed by atoms with van der Waals surface area (Å²) in [6.07, 6.45) is 0.423. The van der Waals surface area contributed by atoms with Crippen LogP contribution in [0.15, 0.2) is 40.8 Å². The Morgan fingerprint density at radius 1 is 1.19 bits per heavy atom. The van der Waals surface area contributed by atoms with Crippen molar-refractivity contribution in [3.8, 4) is 23.0 Å². The Hall–Kier alpha value is -4.15. The molecule has 0 unspecified atom stereocenters. The summed E-state index contributed by atoms with van der Waals surface area (Å²) in [6.45, 7) is 2.03. The van der Waals surface area contributed by atoms with Gasteiger partial charge in [-0.25, -0.2) is 18.6 Å². The zero-order valence-corrected chi connectivity index (χ0v) is 20.4. The van der Waals surface area contributed by atoms with Crippen LogP contribution in [0.1, 0.15) is 54.1 Å². The molecule has 1 aromatic heterocycles. The van der Waals surface area contributed by atoms with E-state index in [-0.39, 0.29) is 35.9 Å². The van der Waals surface area contributed by atoms with Crippen molar-refractivity contribution in [1.29, 1.82) is 0 Å². The van der Waals surface area contributed by atoms with E-state index < -0.39 is 29.7 Å². The number of nitrogens with two attached hydrogens (primary N) is 1. The second kappa shape index (κ2) is 11.3. The Bertz CT molecular complexity index is 1290. The largest absolute Gasteiger partial charge is 0.493 e.